The normalized spacial score (nSPS) is 11.0. The van der Waals surface area contributed by atoms with Crippen LogP contribution >= 0.6 is 38.9 Å². The lowest BCUT2D eigenvalue weighted by Crippen LogP contribution is -2.07. The smallest absolute Gasteiger partial charge is 0.340 e. The number of methoxy groups -OCH3 is 1. The molecule has 0 aliphatic carbocycles. The molecule has 0 bridgehead atoms. The number of hydrogen-bond acceptors (Lipinski definition) is 4. The largest absolute Gasteiger partial charge is 0.465 e. The minimum absolute atomic E-state index is 0.420. The molecule has 0 saturated carbocycles. The fourth-order valence-corrected chi connectivity index (χ4v) is 3.86. The van der Waals surface area contributed by atoms with Crippen molar-refractivity contribution in [3.05, 3.63) is 49.7 Å². The molecule has 3 aromatic rings. The molecule has 0 atom stereocenters. The van der Waals surface area contributed by atoms with Crippen molar-refractivity contribution < 1.29 is 9.53 Å². The van der Waals surface area contributed by atoms with E-state index in [4.69, 9.17) is 16.3 Å². The molecule has 4 nitrogen and oxygen atoms in total. The molecule has 2 heterocycles. The Bertz CT molecular complexity index is 828. The zero-order valence-corrected chi connectivity index (χ0v) is 14.1. The maximum absolute atomic E-state index is 12.0. The number of ether oxygens (including phenoxy) is 1. The van der Waals surface area contributed by atoms with E-state index in [0.717, 1.165) is 19.6 Å². The molecular formula is C14H10BrClN2O2S. The van der Waals surface area contributed by atoms with Crippen molar-refractivity contribution in [2.45, 2.75) is 6.54 Å². The zero-order chi connectivity index (χ0) is 15.0. The van der Waals surface area contributed by atoms with Crippen LogP contribution in [-0.4, -0.2) is 22.9 Å². The molecule has 0 radical (unpaired) electrons. The summed E-state index contributed by atoms with van der Waals surface area (Å²) in [6.07, 6.45) is 1.70. The van der Waals surface area contributed by atoms with E-state index >= 15 is 0 Å². The van der Waals surface area contributed by atoms with Gasteiger partial charge in [-0.3, -0.25) is 4.68 Å². The number of benzene rings is 1. The molecule has 0 amide bonds. The highest BCUT2D eigenvalue weighted by molar-refractivity contribution is 9.11. The highest BCUT2D eigenvalue weighted by Gasteiger charge is 2.17. The van der Waals surface area contributed by atoms with Crippen molar-refractivity contribution >= 4 is 55.7 Å². The number of aromatic nitrogens is 2. The van der Waals surface area contributed by atoms with Gasteiger partial charge in [-0.15, -0.1) is 11.3 Å². The molecule has 0 aliphatic rings. The average molecular weight is 386 g/mol. The van der Waals surface area contributed by atoms with Gasteiger partial charge in [0.2, 0.25) is 0 Å². The lowest BCUT2D eigenvalue weighted by atomic mass is 10.1. The number of nitrogens with zero attached hydrogens (tertiary/aromatic N) is 2. The number of esters is 1. The zero-order valence-electron chi connectivity index (χ0n) is 11.0. The van der Waals surface area contributed by atoms with Gasteiger partial charge in [0.25, 0.3) is 0 Å². The Morgan fingerprint density at radius 3 is 2.95 bits per heavy atom. The second-order valence-electron chi connectivity index (χ2n) is 4.39. The van der Waals surface area contributed by atoms with E-state index in [0.29, 0.717) is 17.1 Å². The second-order valence-corrected chi connectivity index (χ2v) is 7.37. The fraction of sp³-hybridized carbons (Fsp3) is 0.143. The number of thiophene rings is 1. The maximum atomic E-state index is 12.0. The van der Waals surface area contributed by atoms with E-state index in [1.165, 1.54) is 7.11 Å². The first-order chi connectivity index (χ1) is 10.1. The third-order valence-corrected chi connectivity index (χ3v) is 4.86. The Kier molecular flexibility index (Phi) is 4.01. The molecule has 21 heavy (non-hydrogen) atoms. The Hall–Kier alpha value is -1.37. The van der Waals surface area contributed by atoms with Crippen molar-refractivity contribution in [3.8, 4) is 0 Å². The van der Waals surface area contributed by atoms with Crippen LogP contribution in [0.4, 0.5) is 0 Å². The third-order valence-electron chi connectivity index (χ3n) is 3.04. The van der Waals surface area contributed by atoms with Crippen LogP contribution in [0.1, 0.15) is 15.2 Å². The third kappa shape index (κ3) is 2.84. The predicted octanol–water partition coefficient (Wildman–Crippen LogP) is 4.35. The van der Waals surface area contributed by atoms with Gasteiger partial charge in [-0.05, 0) is 40.2 Å². The molecule has 1 aromatic carbocycles. The quantitative estimate of drug-likeness (QED) is 0.630. The van der Waals surface area contributed by atoms with Gasteiger partial charge < -0.3 is 4.74 Å². The first-order valence-electron chi connectivity index (χ1n) is 6.06. The van der Waals surface area contributed by atoms with Crippen LogP contribution in [0.15, 0.2) is 34.2 Å². The molecule has 3 rings (SSSR count). The summed E-state index contributed by atoms with van der Waals surface area (Å²) in [5.74, 6) is -0.420. The molecule has 0 aliphatic heterocycles. The standard InChI is InChI=1S/C14H10BrClN2O2S/c1-20-14(19)11-5-9(16)4-8-6-17-18(13(8)11)7-10-2-3-12(15)21-10/h2-6H,7H2,1H3. The van der Waals surface area contributed by atoms with Crippen LogP contribution < -0.4 is 0 Å². The number of halogens is 2. The Morgan fingerprint density at radius 1 is 1.48 bits per heavy atom. The van der Waals surface area contributed by atoms with Crippen LogP contribution in [-0.2, 0) is 11.3 Å². The molecule has 7 heteroatoms. The van der Waals surface area contributed by atoms with E-state index in [1.54, 1.807) is 34.3 Å². The first-order valence-corrected chi connectivity index (χ1v) is 8.05. The molecule has 0 saturated heterocycles. The molecule has 0 N–H and O–H groups in total. The minimum Gasteiger partial charge on any atom is -0.465 e. The van der Waals surface area contributed by atoms with Crippen LogP contribution in [0.3, 0.4) is 0 Å². The van der Waals surface area contributed by atoms with Gasteiger partial charge in [-0.25, -0.2) is 4.79 Å². The van der Waals surface area contributed by atoms with Crippen molar-refractivity contribution in [2.24, 2.45) is 0 Å². The summed E-state index contributed by atoms with van der Waals surface area (Å²) >= 11 is 11.1. The van der Waals surface area contributed by atoms with E-state index in [-0.39, 0.29) is 0 Å². The topological polar surface area (TPSA) is 44.1 Å². The highest BCUT2D eigenvalue weighted by Crippen LogP contribution is 2.27. The minimum atomic E-state index is -0.420. The average Bonchev–Trinajstić information content (AvgIpc) is 3.04. The van der Waals surface area contributed by atoms with Crippen LogP contribution in [0.5, 0.6) is 0 Å². The summed E-state index contributed by atoms with van der Waals surface area (Å²) in [5, 5.41) is 5.67. The highest BCUT2D eigenvalue weighted by atomic mass is 79.9. The van der Waals surface area contributed by atoms with Gasteiger partial charge in [-0.1, -0.05) is 11.6 Å². The lowest BCUT2D eigenvalue weighted by Gasteiger charge is -2.07. The van der Waals surface area contributed by atoms with Gasteiger partial charge >= 0.3 is 5.97 Å². The SMILES string of the molecule is COC(=O)c1cc(Cl)cc2cnn(Cc3ccc(Br)s3)c12. The van der Waals surface area contributed by atoms with E-state index < -0.39 is 5.97 Å². The summed E-state index contributed by atoms with van der Waals surface area (Å²) < 4.78 is 7.68. The fourth-order valence-electron chi connectivity index (χ4n) is 2.17. The van der Waals surface area contributed by atoms with Crippen molar-refractivity contribution in [3.63, 3.8) is 0 Å². The molecule has 0 spiro atoms. The van der Waals surface area contributed by atoms with Crippen molar-refractivity contribution in [2.75, 3.05) is 7.11 Å². The summed E-state index contributed by atoms with van der Waals surface area (Å²) in [6.45, 7) is 0.589. The number of fused-ring (bicyclic) bond motifs is 1. The second kappa shape index (κ2) is 5.79. The Morgan fingerprint density at radius 2 is 2.29 bits per heavy atom. The number of carbonyl (C=O) groups excluding carboxylic acids is 1. The van der Waals surface area contributed by atoms with Gasteiger partial charge in [-0.2, -0.15) is 5.10 Å². The number of rotatable bonds is 3. The number of hydrogen-bond donors (Lipinski definition) is 0. The number of carbonyl (C=O) groups is 1. The summed E-state index contributed by atoms with van der Waals surface area (Å²) in [7, 11) is 1.35. The van der Waals surface area contributed by atoms with Crippen LogP contribution in [0.25, 0.3) is 10.9 Å². The van der Waals surface area contributed by atoms with Gasteiger partial charge in [0.05, 0.1) is 34.7 Å². The van der Waals surface area contributed by atoms with Crippen LogP contribution in [0, 0.1) is 0 Å². The monoisotopic (exact) mass is 384 g/mol. The maximum Gasteiger partial charge on any atom is 0.340 e. The van der Waals surface area contributed by atoms with Gasteiger partial charge in [0, 0.05) is 15.3 Å². The summed E-state index contributed by atoms with van der Waals surface area (Å²) in [5.41, 5.74) is 1.16. The predicted molar refractivity (Wildman–Crippen MR) is 87.2 cm³/mol. The molecule has 2 aromatic heterocycles. The van der Waals surface area contributed by atoms with E-state index in [2.05, 4.69) is 21.0 Å². The van der Waals surface area contributed by atoms with Gasteiger partial charge in [0.15, 0.2) is 0 Å². The Balaban J connectivity index is 2.13. The Labute approximate surface area is 138 Å². The van der Waals surface area contributed by atoms with Crippen molar-refractivity contribution in [1.82, 2.24) is 9.78 Å². The van der Waals surface area contributed by atoms with E-state index in [9.17, 15) is 4.79 Å². The molecular weight excluding hydrogens is 376 g/mol. The first kappa shape index (κ1) is 14.6. The van der Waals surface area contributed by atoms with Gasteiger partial charge in [0.1, 0.15) is 0 Å². The van der Waals surface area contributed by atoms with Crippen LogP contribution in [0.2, 0.25) is 5.02 Å². The lowest BCUT2D eigenvalue weighted by molar-refractivity contribution is 0.0602. The van der Waals surface area contributed by atoms with E-state index in [1.807, 2.05) is 12.1 Å². The summed E-state index contributed by atoms with van der Waals surface area (Å²) in [6, 6.07) is 7.41. The molecule has 108 valence electrons. The van der Waals surface area contributed by atoms with Crippen molar-refractivity contribution in [1.29, 1.82) is 0 Å². The molecule has 0 unspecified atom stereocenters. The molecule has 0 fully saturated rings. The summed E-state index contributed by atoms with van der Waals surface area (Å²) in [4.78, 5) is 13.1.